The van der Waals surface area contributed by atoms with Crippen LogP contribution in [0.25, 0.3) is 0 Å². The predicted molar refractivity (Wildman–Crippen MR) is 53.1 cm³/mol. The summed E-state index contributed by atoms with van der Waals surface area (Å²) in [4.78, 5) is 11.0. The van der Waals surface area contributed by atoms with E-state index >= 15 is 0 Å². The highest BCUT2D eigenvalue weighted by Crippen LogP contribution is 2.21. The number of benzene rings is 1. The highest BCUT2D eigenvalue weighted by Gasteiger charge is 2.26. The van der Waals surface area contributed by atoms with E-state index in [-0.39, 0.29) is 0 Å². The first-order valence-electron chi connectivity index (χ1n) is 4.11. The van der Waals surface area contributed by atoms with Crippen molar-refractivity contribution >= 4 is 17.6 Å². The van der Waals surface area contributed by atoms with E-state index in [0.29, 0.717) is 5.56 Å². The lowest BCUT2D eigenvalue weighted by Crippen LogP contribution is -2.23. The van der Waals surface area contributed by atoms with Crippen LogP contribution in [-0.4, -0.2) is 23.6 Å². The van der Waals surface area contributed by atoms with E-state index in [0.717, 1.165) is 0 Å². The van der Waals surface area contributed by atoms with Crippen molar-refractivity contribution in [2.24, 2.45) is 0 Å². The fraction of sp³-hybridized carbons (Fsp3) is 0.300. The Labute approximate surface area is 87.3 Å². The quantitative estimate of drug-likeness (QED) is 0.613. The second-order valence-electron chi connectivity index (χ2n) is 2.78. The van der Waals surface area contributed by atoms with Crippen LogP contribution in [0.4, 0.5) is 0 Å². The van der Waals surface area contributed by atoms with Gasteiger partial charge < -0.3 is 9.84 Å². The van der Waals surface area contributed by atoms with Crippen LogP contribution >= 0.6 is 11.6 Å². The molecule has 0 spiro atoms. The van der Waals surface area contributed by atoms with Gasteiger partial charge in [-0.15, -0.1) is 11.6 Å². The number of ether oxygens (including phenoxy) is 1. The third-order valence-corrected chi connectivity index (χ3v) is 2.26. The molecule has 1 rings (SSSR count). The molecular weight excluding hydrogens is 204 g/mol. The Morgan fingerprint density at radius 1 is 1.43 bits per heavy atom. The second kappa shape index (κ2) is 4.98. The van der Waals surface area contributed by atoms with Gasteiger partial charge in [-0.3, -0.25) is 4.79 Å². The Morgan fingerprint density at radius 3 is 2.50 bits per heavy atom. The summed E-state index contributed by atoms with van der Waals surface area (Å²) in [6.45, 7) is 0. The number of carbonyl (C=O) groups excluding carboxylic acids is 1. The van der Waals surface area contributed by atoms with E-state index in [4.69, 9.17) is 11.6 Å². The van der Waals surface area contributed by atoms with Crippen molar-refractivity contribution in [2.75, 3.05) is 7.11 Å². The van der Waals surface area contributed by atoms with Crippen molar-refractivity contribution in [3.63, 3.8) is 0 Å². The van der Waals surface area contributed by atoms with Gasteiger partial charge in [0.1, 0.15) is 6.10 Å². The molecule has 1 N–H and O–H groups in total. The summed E-state index contributed by atoms with van der Waals surface area (Å²) in [5, 5.41) is 8.59. The zero-order valence-electron chi connectivity index (χ0n) is 7.68. The first-order chi connectivity index (χ1) is 6.66. The van der Waals surface area contributed by atoms with Crippen LogP contribution in [0.2, 0.25) is 0 Å². The second-order valence-corrected chi connectivity index (χ2v) is 3.25. The van der Waals surface area contributed by atoms with Crippen LogP contribution in [-0.2, 0) is 9.53 Å². The molecule has 0 unspecified atom stereocenters. The average molecular weight is 215 g/mol. The van der Waals surface area contributed by atoms with Crippen molar-refractivity contribution in [1.29, 1.82) is 0 Å². The number of alkyl halides is 1. The molecule has 0 saturated heterocycles. The lowest BCUT2D eigenvalue weighted by molar-refractivity contribution is -0.142. The molecule has 2 atom stereocenters. The maximum atomic E-state index is 11.0. The smallest absolute Gasteiger partial charge is 0.326 e. The predicted octanol–water partition coefficient (Wildman–Crippen LogP) is 1.50. The minimum atomic E-state index is -1.07. The van der Waals surface area contributed by atoms with E-state index in [1.807, 2.05) is 6.07 Å². The Hall–Kier alpha value is -1.06. The molecule has 14 heavy (non-hydrogen) atoms. The van der Waals surface area contributed by atoms with Crippen LogP contribution in [0, 0.1) is 0 Å². The third-order valence-electron chi connectivity index (χ3n) is 1.84. The van der Waals surface area contributed by atoms with Gasteiger partial charge in [0, 0.05) is 0 Å². The summed E-state index contributed by atoms with van der Waals surface area (Å²) in [7, 11) is 1.23. The normalized spacial score (nSPS) is 14.5. The molecule has 4 heteroatoms. The van der Waals surface area contributed by atoms with Gasteiger partial charge in [-0.25, -0.2) is 0 Å². The number of methoxy groups -OCH3 is 1. The molecule has 0 aliphatic carbocycles. The molecule has 76 valence electrons. The molecule has 3 nitrogen and oxygen atoms in total. The maximum absolute atomic E-state index is 11.0. The van der Waals surface area contributed by atoms with Crippen LogP contribution in [0.5, 0.6) is 0 Å². The summed E-state index contributed by atoms with van der Waals surface area (Å²) in [5.41, 5.74) is 0.595. The van der Waals surface area contributed by atoms with Gasteiger partial charge in [-0.1, -0.05) is 30.3 Å². The standard InChI is InChI=1S/C10H11ClO3/c1-14-10(13)8(11)9(12)7-5-3-2-4-6-7/h2-6,8-9,12H,1H3/t8-,9+/m0/s1. The number of hydrogen-bond acceptors (Lipinski definition) is 3. The zero-order valence-corrected chi connectivity index (χ0v) is 8.44. The lowest BCUT2D eigenvalue weighted by Gasteiger charge is -2.14. The highest BCUT2D eigenvalue weighted by atomic mass is 35.5. The fourth-order valence-corrected chi connectivity index (χ4v) is 1.30. The van der Waals surface area contributed by atoms with Gasteiger partial charge in [0.2, 0.25) is 0 Å². The highest BCUT2D eigenvalue weighted by molar-refractivity contribution is 6.30. The van der Waals surface area contributed by atoms with Crippen molar-refractivity contribution in [3.05, 3.63) is 35.9 Å². The maximum Gasteiger partial charge on any atom is 0.326 e. The van der Waals surface area contributed by atoms with Crippen LogP contribution < -0.4 is 0 Å². The third kappa shape index (κ3) is 2.47. The van der Waals surface area contributed by atoms with E-state index in [9.17, 15) is 9.90 Å². The summed E-state index contributed by atoms with van der Waals surface area (Å²) in [6.07, 6.45) is -1.04. The minimum Gasteiger partial charge on any atom is -0.468 e. The number of carbonyl (C=O) groups is 1. The molecular formula is C10H11ClO3. The van der Waals surface area contributed by atoms with Gasteiger partial charge in [0.05, 0.1) is 7.11 Å². The van der Waals surface area contributed by atoms with E-state index < -0.39 is 17.5 Å². The summed E-state index contributed by atoms with van der Waals surface area (Å²) in [5.74, 6) is -0.636. The number of hydrogen-bond donors (Lipinski definition) is 1. The van der Waals surface area contributed by atoms with Crippen LogP contribution in [0.3, 0.4) is 0 Å². The zero-order chi connectivity index (χ0) is 10.6. The largest absolute Gasteiger partial charge is 0.468 e. The van der Waals surface area contributed by atoms with Gasteiger partial charge >= 0.3 is 5.97 Å². The molecule has 0 aromatic heterocycles. The SMILES string of the molecule is COC(=O)[C@@H](Cl)[C@H](O)c1ccccc1. The van der Waals surface area contributed by atoms with Crippen molar-refractivity contribution in [2.45, 2.75) is 11.5 Å². The number of aliphatic hydroxyl groups excluding tert-OH is 1. The Balaban J connectivity index is 2.75. The van der Waals surface area contributed by atoms with Crippen LogP contribution in [0.15, 0.2) is 30.3 Å². The molecule has 0 radical (unpaired) electrons. The number of esters is 1. The van der Waals surface area contributed by atoms with Crippen molar-refractivity contribution in [1.82, 2.24) is 0 Å². The lowest BCUT2D eigenvalue weighted by atomic mass is 10.1. The average Bonchev–Trinajstić information content (AvgIpc) is 2.27. The first-order valence-corrected chi connectivity index (χ1v) is 4.55. The molecule has 0 amide bonds. The number of rotatable bonds is 3. The minimum absolute atomic E-state index is 0.595. The summed E-state index contributed by atoms with van der Waals surface area (Å²) >= 11 is 5.69. The molecule has 0 saturated carbocycles. The molecule has 1 aromatic carbocycles. The monoisotopic (exact) mass is 214 g/mol. The van der Waals surface area contributed by atoms with E-state index in [1.54, 1.807) is 24.3 Å². The number of aliphatic hydroxyl groups is 1. The van der Waals surface area contributed by atoms with Crippen molar-refractivity contribution in [3.8, 4) is 0 Å². The molecule has 0 fully saturated rings. The molecule has 0 heterocycles. The van der Waals surface area contributed by atoms with Gasteiger partial charge in [-0.2, -0.15) is 0 Å². The number of halogens is 1. The van der Waals surface area contributed by atoms with Crippen molar-refractivity contribution < 1.29 is 14.6 Å². The fourth-order valence-electron chi connectivity index (χ4n) is 1.06. The van der Waals surface area contributed by atoms with Gasteiger partial charge in [-0.05, 0) is 5.56 Å². The molecule has 0 bridgehead atoms. The molecule has 0 aliphatic heterocycles. The summed E-state index contributed by atoms with van der Waals surface area (Å²) in [6, 6.07) is 8.74. The summed E-state index contributed by atoms with van der Waals surface area (Å²) < 4.78 is 4.42. The van der Waals surface area contributed by atoms with Gasteiger partial charge in [0.25, 0.3) is 0 Å². The van der Waals surface area contributed by atoms with E-state index in [2.05, 4.69) is 4.74 Å². The molecule has 0 aliphatic rings. The Bertz CT molecular complexity index is 299. The topological polar surface area (TPSA) is 46.5 Å². The van der Waals surface area contributed by atoms with Gasteiger partial charge in [0.15, 0.2) is 5.38 Å². The van der Waals surface area contributed by atoms with Crippen LogP contribution in [0.1, 0.15) is 11.7 Å². The Morgan fingerprint density at radius 2 is 2.00 bits per heavy atom. The molecule has 1 aromatic rings. The Kier molecular flexibility index (Phi) is 3.92. The first kappa shape index (κ1) is 11.0. The van der Waals surface area contributed by atoms with E-state index in [1.165, 1.54) is 7.11 Å².